The fraction of sp³-hybridized carbons (Fsp3) is 0.538. The van der Waals surface area contributed by atoms with Gasteiger partial charge in [0.1, 0.15) is 0 Å². The van der Waals surface area contributed by atoms with Crippen LogP contribution in [0.3, 0.4) is 0 Å². The van der Waals surface area contributed by atoms with Crippen molar-refractivity contribution < 1.29 is 4.74 Å². The van der Waals surface area contributed by atoms with Crippen LogP contribution in [0.2, 0.25) is 0 Å². The van der Waals surface area contributed by atoms with Crippen LogP contribution in [0.1, 0.15) is 37.4 Å². The molecule has 1 aliphatic carbocycles. The molecule has 0 radical (unpaired) electrons. The maximum Gasteiger partial charge on any atom is 0.0918 e. The van der Waals surface area contributed by atoms with Crippen molar-refractivity contribution in [1.82, 2.24) is 0 Å². The summed E-state index contributed by atoms with van der Waals surface area (Å²) in [6, 6.07) is 10.6. The van der Waals surface area contributed by atoms with Gasteiger partial charge in [0.25, 0.3) is 0 Å². The van der Waals surface area contributed by atoms with E-state index >= 15 is 0 Å². The summed E-state index contributed by atoms with van der Waals surface area (Å²) < 4.78 is 7.18. The highest BCUT2D eigenvalue weighted by atomic mass is 127. The standard InChI is InChI=1S/C13H17IO/c14-10-13(11-6-2-1-3-7-11)15-12-8-4-5-9-12/h1-3,6-7,12-13H,4-5,8-10H2. The molecule has 1 aliphatic rings. The Labute approximate surface area is 105 Å². The highest BCUT2D eigenvalue weighted by molar-refractivity contribution is 14.1. The zero-order chi connectivity index (χ0) is 10.5. The van der Waals surface area contributed by atoms with E-state index in [1.807, 2.05) is 0 Å². The third kappa shape index (κ3) is 3.18. The first-order valence-electron chi connectivity index (χ1n) is 5.66. The average molecular weight is 316 g/mol. The van der Waals surface area contributed by atoms with Crippen molar-refractivity contribution in [3.8, 4) is 0 Å². The summed E-state index contributed by atoms with van der Waals surface area (Å²) in [6.45, 7) is 0. The van der Waals surface area contributed by atoms with Gasteiger partial charge in [0.15, 0.2) is 0 Å². The number of halogens is 1. The summed E-state index contributed by atoms with van der Waals surface area (Å²) in [5, 5.41) is 0. The minimum atomic E-state index is 0.287. The van der Waals surface area contributed by atoms with Crippen LogP contribution < -0.4 is 0 Å². The van der Waals surface area contributed by atoms with Gasteiger partial charge in [-0.25, -0.2) is 0 Å². The second-order valence-corrected chi connectivity index (χ2v) is 4.98. The van der Waals surface area contributed by atoms with Gasteiger partial charge >= 0.3 is 0 Å². The Morgan fingerprint density at radius 2 is 1.87 bits per heavy atom. The van der Waals surface area contributed by atoms with Crippen molar-refractivity contribution in [3.63, 3.8) is 0 Å². The van der Waals surface area contributed by atoms with Crippen molar-refractivity contribution >= 4 is 22.6 Å². The molecule has 0 heterocycles. The first-order chi connectivity index (χ1) is 7.40. The molecule has 1 unspecified atom stereocenters. The van der Waals surface area contributed by atoms with Crippen molar-refractivity contribution in [2.45, 2.75) is 37.9 Å². The summed E-state index contributed by atoms with van der Waals surface area (Å²) in [7, 11) is 0. The molecule has 0 aliphatic heterocycles. The maximum atomic E-state index is 6.14. The minimum Gasteiger partial charge on any atom is -0.369 e. The molecule has 0 bridgehead atoms. The van der Waals surface area contributed by atoms with E-state index in [1.54, 1.807) is 0 Å². The summed E-state index contributed by atoms with van der Waals surface area (Å²) in [5.74, 6) is 0. The lowest BCUT2D eigenvalue weighted by atomic mass is 10.1. The van der Waals surface area contributed by atoms with E-state index in [9.17, 15) is 0 Å². The zero-order valence-corrected chi connectivity index (χ0v) is 11.0. The Kier molecular flexibility index (Phi) is 4.44. The molecule has 1 fully saturated rings. The third-order valence-corrected chi connectivity index (χ3v) is 3.77. The molecule has 0 N–H and O–H groups in total. The maximum absolute atomic E-state index is 6.14. The molecule has 0 saturated heterocycles. The number of hydrogen-bond acceptors (Lipinski definition) is 1. The van der Waals surface area contributed by atoms with Crippen LogP contribution in [-0.4, -0.2) is 10.5 Å². The predicted octanol–water partition coefficient (Wildman–Crippen LogP) is 4.12. The smallest absolute Gasteiger partial charge is 0.0918 e. The van der Waals surface area contributed by atoms with Crippen LogP contribution in [-0.2, 0) is 4.74 Å². The zero-order valence-electron chi connectivity index (χ0n) is 8.86. The van der Waals surface area contributed by atoms with Crippen LogP contribution in [0, 0.1) is 0 Å². The lowest BCUT2D eigenvalue weighted by Gasteiger charge is -2.20. The van der Waals surface area contributed by atoms with E-state index < -0.39 is 0 Å². The molecule has 0 amide bonds. The molecule has 82 valence electrons. The molecule has 0 spiro atoms. The van der Waals surface area contributed by atoms with Gasteiger partial charge in [0.05, 0.1) is 12.2 Å². The Balaban J connectivity index is 1.97. The largest absolute Gasteiger partial charge is 0.369 e. The number of hydrogen-bond donors (Lipinski definition) is 0. The summed E-state index contributed by atoms with van der Waals surface area (Å²) in [5.41, 5.74) is 1.32. The van der Waals surface area contributed by atoms with Crippen molar-refractivity contribution in [1.29, 1.82) is 0 Å². The van der Waals surface area contributed by atoms with Crippen LogP contribution in [0.25, 0.3) is 0 Å². The molecule has 1 nitrogen and oxygen atoms in total. The fourth-order valence-electron chi connectivity index (χ4n) is 2.13. The highest BCUT2D eigenvalue weighted by Gasteiger charge is 2.20. The van der Waals surface area contributed by atoms with Gasteiger partial charge in [0.2, 0.25) is 0 Å². The van der Waals surface area contributed by atoms with Crippen LogP contribution in [0.15, 0.2) is 30.3 Å². The van der Waals surface area contributed by atoms with Crippen LogP contribution in [0.4, 0.5) is 0 Å². The van der Waals surface area contributed by atoms with E-state index in [2.05, 4.69) is 52.9 Å². The SMILES string of the molecule is ICC(OC1CCCC1)c1ccccc1. The molecule has 2 rings (SSSR count). The average Bonchev–Trinajstić information content (AvgIpc) is 2.80. The van der Waals surface area contributed by atoms with Crippen LogP contribution in [0.5, 0.6) is 0 Å². The van der Waals surface area contributed by atoms with Crippen molar-refractivity contribution in [2.75, 3.05) is 4.43 Å². The fourth-order valence-corrected chi connectivity index (χ4v) is 2.84. The lowest BCUT2D eigenvalue weighted by Crippen LogP contribution is -2.14. The molecule has 2 heteroatoms. The molecule has 1 saturated carbocycles. The second kappa shape index (κ2) is 5.85. The first-order valence-corrected chi connectivity index (χ1v) is 7.19. The lowest BCUT2D eigenvalue weighted by molar-refractivity contribution is 0.00526. The Morgan fingerprint density at radius 1 is 1.20 bits per heavy atom. The van der Waals surface area contributed by atoms with E-state index in [-0.39, 0.29) is 6.10 Å². The number of rotatable bonds is 4. The van der Waals surface area contributed by atoms with Gasteiger partial charge in [-0.15, -0.1) is 0 Å². The normalized spacial score (nSPS) is 19.3. The van der Waals surface area contributed by atoms with Gasteiger partial charge in [-0.2, -0.15) is 0 Å². The molecular formula is C13H17IO. The molecule has 0 aromatic heterocycles. The summed E-state index contributed by atoms with van der Waals surface area (Å²) in [6.07, 6.45) is 5.97. The van der Waals surface area contributed by atoms with E-state index in [1.165, 1.54) is 31.2 Å². The van der Waals surface area contributed by atoms with Gasteiger partial charge in [-0.1, -0.05) is 65.8 Å². The topological polar surface area (TPSA) is 9.23 Å². The van der Waals surface area contributed by atoms with Gasteiger partial charge in [-0.3, -0.25) is 0 Å². The summed E-state index contributed by atoms with van der Waals surface area (Å²) >= 11 is 2.41. The first kappa shape index (κ1) is 11.4. The van der Waals surface area contributed by atoms with Crippen molar-refractivity contribution in [2.24, 2.45) is 0 Å². The monoisotopic (exact) mass is 316 g/mol. The number of alkyl halides is 1. The van der Waals surface area contributed by atoms with Crippen LogP contribution >= 0.6 is 22.6 Å². The number of benzene rings is 1. The third-order valence-electron chi connectivity index (χ3n) is 2.97. The van der Waals surface area contributed by atoms with Gasteiger partial charge in [0, 0.05) is 4.43 Å². The predicted molar refractivity (Wildman–Crippen MR) is 71.4 cm³/mol. The molecule has 15 heavy (non-hydrogen) atoms. The van der Waals surface area contributed by atoms with Gasteiger partial charge < -0.3 is 4.74 Å². The van der Waals surface area contributed by atoms with Crippen molar-refractivity contribution in [3.05, 3.63) is 35.9 Å². The second-order valence-electron chi connectivity index (χ2n) is 4.10. The van der Waals surface area contributed by atoms with Gasteiger partial charge in [-0.05, 0) is 18.4 Å². The number of ether oxygens (including phenoxy) is 1. The van der Waals surface area contributed by atoms with E-state index in [4.69, 9.17) is 4.74 Å². The molecule has 1 aromatic carbocycles. The molecule has 1 aromatic rings. The Bertz CT molecular complexity index is 280. The quantitative estimate of drug-likeness (QED) is 0.600. The van der Waals surface area contributed by atoms with E-state index in [0.717, 1.165) is 4.43 Å². The minimum absolute atomic E-state index is 0.287. The molecular weight excluding hydrogens is 299 g/mol. The highest BCUT2D eigenvalue weighted by Crippen LogP contribution is 2.28. The summed E-state index contributed by atoms with van der Waals surface area (Å²) in [4.78, 5) is 0. The molecule has 1 atom stereocenters. The Morgan fingerprint density at radius 3 is 2.47 bits per heavy atom. The van der Waals surface area contributed by atoms with E-state index in [0.29, 0.717) is 6.10 Å². The Hall–Kier alpha value is -0.0900.